The summed E-state index contributed by atoms with van der Waals surface area (Å²) in [7, 11) is 0. The molecule has 0 radical (unpaired) electrons. The summed E-state index contributed by atoms with van der Waals surface area (Å²) in [6, 6.07) is 18.0. The van der Waals surface area contributed by atoms with Crippen molar-refractivity contribution in [1.29, 1.82) is 0 Å². The van der Waals surface area contributed by atoms with Gasteiger partial charge in [0, 0.05) is 35.0 Å². The van der Waals surface area contributed by atoms with Crippen LogP contribution in [0, 0.1) is 11.7 Å². The highest BCUT2D eigenvalue weighted by atomic mass is 35.5. The van der Waals surface area contributed by atoms with Crippen molar-refractivity contribution in [2.75, 3.05) is 13.3 Å². The van der Waals surface area contributed by atoms with Crippen LogP contribution in [0.4, 0.5) is 9.18 Å². The number of amides is 4. The Hall–Kier alpha value is -6.69. The molecule has 18 heteroatoms. The van der Waals surface area contributed by atoms with Crippen LogP contribution >= 0.6 is 11.6 Å². The third kappa shape index (κ3) is 8.98. The first kappa shape index (κ1) is 46.8. The van der Waals surface area contributed by atoms with Gasteiger partial charge in [0.15, 0.2) is 5.60 Å². The molecule has 2 aromatic heterocycles. The fourth-order valence-electron chi connectivity index (χ4n) is 9.02. The van der Waals surface area contributed by atoms with Crippen LogP contribution in [0.15, 0.2) is 71.5 Å². The van der Waals surface area contributed by atoms with Crippen LogP contribution in [-0.4, -0.2) is 76.0 Å². The number of benzene rings is 3. The normalized spacial score (nSPS) is 17.0. The number of ether oxygens (including phenoxy) is 3. The molecule has 350 valence electrons. The Morgan fingerprint density at radius 1 is 0.955 bits per heavy atom. The third-order valence-electron chi connectivity index (χ3n) is 12.7. The topological polar surface area (TPSA) is 216 Å². The number of hydrogen-bond donors (Lipinski definition) is 5. The maximum absolute atomic E-state index is 14.8. The van der Waals surface area contributed by atoms with E-state index in [0.29, 0.717) is 27.9 Å². The van der Waals surface area contributed by atoms with E-state index in [0.717, 1.165) is 28.3 Å². The van der Waals surface area contributed by atoms with Crippen molar-refractivity contribution in [3.05, 3.63) is 121 Å². The van der Waals surface area contributed by atoms with Crippen molar-refractivity contribution in [1.82, 2.24) is 30.8 Å². The van der Waals surface area contributed by atoms with Gasteiger partial charge in [-0.2, -0.15) is 0 Å². The zero-order chi connectivity index (χ0) is 47.9. The average Bonchev–Trinajstić information content (AvgIpc) is 3.83. The summed E-state index contributed by atoms with van der Waals surface area (Å²) in [5, 5.41) is 22.3. The lowest BCUT2D eigenvalue weighted by Crippen LogP contribution is -2.54. The van der Waals surface area contributed by atoms with Crippen LogP contribution in [0.2, 0.25) is 5.02 Å². The fourth-order valence-corrected chi connectivity index (χ4v) is 9.18. The summed E-state index contributed by atoms with van der Waals surface area (Å²) in [4.78, 5) is 83.8. The maximum atomic E-state index is 14.8. The number of cyclic esters (lactones) is 1. The summed E-state index contributed by atoms with van der Waals surface area (Å²) in [6.45, 7) is 7.67. The van der Waals surface area contributed by atoms with Gasteiger partial charge in [0.25, 0.3) is 5.56 Å². The van der Waals surface area contributed by atoms with E-state index in [2.05, 4.69) is 26.3 Å². The molecule has 4 atom stereocenters. The number of nitrogens with one attached hydrogen (secondary N) is 4. The van der Waals surface area contributed by atoms with Gasteiger partial charge in [0.05, 0.1) is 46.6 Å². The molecule has 0 fully saturated rings. The van der Waals surface area contributed by atoms with E-state index in [1.165, 1.54) is 17.6 Å². The molecule has 8 rings (SSSR count). The lowest BCUT2D eigenvalue weighted by Gasteiger charge is -2.31. The number of hydrogen-bond acceptors (Lipinski definition) is 11. The number of halogens is 2. The number of aromatic nitrogens is 2. The summed E-state index contributed by atoms with van der Waals surface area (Å²) >= 11 is 6.21. The van der Waals surface area contributed by atoms with Crippen molar-refractivity contribution in [3.8, 4) is 22.5 Å². The van der Waals surface area contributed by atoms with E-state index in [1.807, 2.05) is 48.5 Å². The second-order valence-corrected chi connectivity index (χ2v) is 17.8. The van der Waals surface area contributed by atoms with E-state index in [1.54, 1.807) is 33.8 Å². The zero-order valence-corrected chi connectivity index (χ0v) is 38.2. The predicted octanol–water partition coefficient (Wildman–Crippen LogP) is 5.43. The molecule has 2 aliphatic heterocycles. The minimum atomic E-state index is -2.04. The molecule has 5 aromatic rings. The van der Waals surface area contributed by atoms with E-state index in [4.69, 9.17) is 25.8 Å². The zero-order valence-electron chi connectivity index (χ0n) is 37.5. The minimum Gasteiger partial charge on any atom is -0.458 e. The Morgan fingerprint density at radius 2 is 1.64 bits per heavy atom. The quantitative estimate of drug-likeness (QED) is 0.0647. The number of aliphatic hydroxyl groups is 1. The van der Waals surface area contributed by atoms with Crippen LogP contribution < -0.4 is 26.8 Å². The summed E-state index contributed by atoms with van der Waals surface area (Å²) in [6.07, 6.45) is -1.62. The van der Waals surface area contributed by atoms with Gasteiger partial charge in [-0.05, 0) is 66.1 Å². The first-order valence-electron chi connectivity index (χ1n) is 22.1. The maximum Gasteiger partial charge on any atom is 0.407 e. The highest BCUT2D eigenvalue weighted by molar-refractivity contribution is 6.31. The molecule has 0 unspecified atom stereocenters. The van der Waals surface area contributed by atoms with Gasteiger partial charge in [-0.3, -0.25) is 19.2 Å². The van der Waals surface area contributed by atoms with Crippen LogP contribution in [0.1, 0.15) is 86.8 Å². The summed E-state index contributed by atoms with van der Waals surface area (Å²) < 4.78 is 32.8. The van der Waals surface area contributed by atoms with Crippen LogP contribution in [0.3, 0.4) is 0 Å². The standard InChI is InChI=1S/C49H50ClFN6O10/c1-6-49(64)36-17-40-43-33(20-57(40)46(61)35(36)22-65-47(49)62)32(31-16-37(50)38(51)18-39(31)55-43)19-52-41(58)15-25(4)67-23-53-44(59)26(5)54-45(60)42(24(2)3)56-48(63)66-21-34-29-13-9-7-11-27(29)28-12-8-10-14-30(28)34/h7-14,16-18,24-26,34,42,64H,6,15,19-23H2,1-5H3,(H,52,58)(H,53,59)(H,54,60)(H,56,63)/t25-,26-,42-,49-/m0/s1. The fraction of sp³-hybridized carbons (Fsp3) is 0.367. The predicted molar refractivity (Wildman–Crippen MR) is 244 cm³/mol. The molecular formula is C49H50ClFN6O10. The number of rotatable bonds is 15. The number of carbonyl (C=O) groups excluding carboxylic acids is 5. The smallest absolute Gasteiger partial charge is 0.407 e. The van der Waals surface area contributed by atoms with Gasteiger partial charge >= 0.3 is 12.1 Å². The van der Waals surface area contributed by atoms with E-state index >= 15 is 0 Å². The Bertz CT molecular complexity index is 2860. The third-order valence-corrected chi connectivity index (χ3v) is 13.0. The molecule has 3 aromatic carbocycles. The largest absolute Gasteiger partial charge is 0.458 e. The second-order valence-electron chi connectivity index (χ2n) is 17.4. The number of pyridine rings is 2. The highest BCUT2D eigenvalue weighted by Gasteiger charge is 2.45. The molecule has 4 amide bonds. The Labute approximate surface area is 389 Å². The summed E-state index contributed by atoms with van der Waals surface area (Å²) in [5.41, 5.74) is 3.95. The molecular weight excluding hydrogens is 887 g/mol. The van der Waals surface area contributed by atoms with Gasteiger partial charge in [0.2, 0.25) is 17.7 Å². The molecule has 0 bridgehead atoms. The average molecular weight is 937 g/mol. The lowest BCUT2D eigenvalue weighted by molar-refractivity contribution is -0.172. The number of fused-ring (bicyclic) bond motifs is 8. The first-order chi connectivity index (χ1) is 32.0. The molecule has 0 saturated carbocycles. The van der Waals surface area contributed by atoms with E-state index in [9.17, 15) is 38.3 Å². The Kier molecular flexibility index (Phi) is 13.2. The monoisotopic (exact) mass is 936 g/mol. The number of nitrogens with zero attached hydrogens (tertiary/aromatic N) is 2. The molecule has 4 heterocycles. The SMILES string of the molecule is CC[C@@]1(O)C(=O)OCc2c1cc1n(c2=O)Cc2c-1nc1cc(F)c(Cl)cc1c2CNC(=O)C[C@H](C)OCNC(=O)[C@H](C)NC(=O)[C@@H](NC(=O)OCC1c2ccccc2-c2ccccc21)C(C)C. The molecule has 16 nitrogen and oxygen atoms in total. The highest BCUT2D eigenvalue weighted by Crippen LogP contribution is 2.45. The Balaban J connectivity index is 0.841. The number of alkyl carbamates (subject to hydrolysis) is 1. The summed E-state index contributed by atoms with van der Waals surface area (Å²) in [5.74, 6) is -3.67. The van der Waals surface area contributed by atoms with E-state index < -0.39 is 64.9 Å². The molecule has 5 N–H and O–H groups in total. The molecule has 3 aliphatic rings. The van der Waals surface area contributed by atoms with Crippen molar-refractivity contribution < 1.29 is 47.7 Å². The molecule has 1 aliphatic carbocycles. The number of carbonyl (C=O) groups is 5. The van der Waals surface area contributed by atoms with Gasteiger partial charge in [-0.1, -0.05) is 80.9 Å². The number of esters is 1. The van der Waals surface area contributed by atoms with E-state index in [-0.39, 0.29) is 79.4 Å². The van der Waals surface area contributed by atoms with Crippen LogP contribution in [-0.2, 0) is 58.7 Å². The van der Waals surface area contributed by atoms with Crippen molar-refractivity contribution >= 4 is 52.3 Å². The van der Waals surface area contributed by atoms with Gasteiger partial charge in [-0.25, -0.2) is 19.0 Å². The van der Waals surface area contributed by atoms with Crippen LogP contribution in [0.25, 0.3) is 33.4 Å². The van der Waals surface area contributed by atoms with Crippen molar-refractivity contribution in [3.63, 3.8) is 0 Å². The first-order valence-corrected chi connectivity index (χ1v) is 22.4. The second kappa shape index (κ2) is 18.9. The van der Waals surface area contributed by atoms with Crippen molar-refractivity contribution in [2.24, 2.45) is 5.92 Å². The molecule has 0 saturated heterocycles. The van der Waals surface area contributed by atoms with Crippen LogP contribution in [0.5, 0.6) is 0 Å². The Morgan fingerprint density at radius 3 is 2.31 bits per heavy atom. The van der Waals surface area contributed by atoms with Gasteiger partial charge in [-0.15, -0.1) is 0 Å². The molecule has 0 spiro atoms. The molecule has 67 heavy (non-hydrogen) atoms. The van der Waals surface area contributed by atoms with Crippen molar-refractivity contribution in [2.45, 2.75) is 96.9 Å². The van der Waals surface area contributed by atoms with Gasteiger partial charge in [0.1, 0.15) is 37.8 Å². The minimum absolute atomic E-state index is 0.0315. The van der Waals surface area contributed by atoms with Gasteiger partial charge < -0.3 is 45.2 Å². The lowest BCUT2D eigenvalue weighted by atomic mass is 9.86.